The highest BCUT2D eigenvalue weighted by molar-refractivity contribution is 7.93. The molecular weight excluding hydrogens is 358 g/mol. The maximum absolute atomic E-state index is 12.6. The maximum atomic E-state index is 12.6. The summed E-state index contributed by atoms with van der Waals surface area (Å²) in [7, 11) is -3.29. The number of sulfone groups is 1. The van der Waals surface area contributed by atoms with Crippen molar-refractivity contribution < 1.29 is 17.9 Å². The quantitative estimate of drug-likeness (QED) is 0.732. The van der Waals surface area contributed by atoms with E-state index in [1.807, 2.05) is 0 Å². The van der Waals surface area contributed by atoms with E-state index in [1.54, 1.807) is 24.5 Å². The van der Waals surface area contributed by atoms with Crippen molar-refractivity contribution in [2.45, 2.75) is 11.2 Å². The highest BCUT2D eigenvalue weighted by atomic mass is 32.2. The van der Waals surface area contributed by atoms with E-state index in [0.29, 0.717) is 12.0 Å². The summed E-state index contributed by atoms with van der Waals surface area (Å²) >= 11 is 0. The first-order valence-electron chi connectivity index (χ1n) is 8.20. The molecule has 4 rings (SSSR count). The lowest BCUT2D eigenvalue weighted by molar-refractivity contribution is 0.0403. The van der Waals surface area contributed by atoms with Crippen LogP contribution >= 0.6 is 0 Å². The van der Waals surface area contributed by atoms with Crippen LogP contribution in [0.2, 0.25) is 0 Å². The Bertz CT molecular complexity index is 901. The summed E-state index contributed by atoms with van der Waals surface area (Å²) in [4.78, 5) is 22.0. The summed E-state index contributed by atoms with van der Waals surface area (Å²) in [5, 5.41) is 7.34. The molecule has 2 aliphatic rings. The molecule has 0 aliphatic carbocycles. The minimum atomic E-state index is -3.29. The van der Waals surface area contributed by atoms with E-state index in [9.17, 15) is 13.2 Å². The molecule has 0 unspecified atom stereocenters. The number of carbonyl (C=O) groups is 1. The molecule has 0 bridgehead atoms. The fourth-order valence-corrected chi connectivity index (χ4v) is 5.99. The summed E-state index contributed by atoms with van der Waals surface area (Å²) in [6.45, 7) is 0.544. The van der Waals surface area contributed by atoms with Crippen LogP contribution in [0.15, 0.2) is 36.9 Å². The Hall–Kier alpha value is -2.62. The summed E-state index contributed by atoms with van der Waals surface area (Å²) in [6.07, 6.45) is 6.45. The first-order valence-corrected chi connectivity index (χ1v) is 9.85. The molecule has 136 valence electrons. The average molecular weight is 375 g/mol. The van der Waals surface area contributed by atoms with Crippen molar-refractivity contribution in [1.82, 2.24) is 25.1 Å². The van der Waals surface area contributed by atoms with Crippen molar-refractivity contribution >= 4 is 15.7 Å². The van der Waals surface area contributed by atoms with Crippen LogP contribution in [0.3, 0.4) is 0 Å². The van der Waals surface area contributed by atoms with Gasteiger partial charge < -0.3 is 9.64 Å². The Balaban J connectivity index is 1.47. The third kappa shape index (κ3) is 2.70. The van der Waals surface area contributed by atoms with Gasteiger partial charge in [-0.15, -0.1) is 0 Å². The van der Waals surface area contributed by atoms with E-state index < -0.39 is 14.6 Å². The van der Waals surface area contributed by atoms with Crippen molar-refractivity contribution in [3.05, 3.63) is 42.5 Å². The van der Waals surface area contributed by atoms with Gasteiger partial charge in [0.2, 0.25) is 0 Å². The molecule has 1 amide bonds. The van der Waals surface area contributed by atoms with Gasteiger partial charge in [0.15, 0.2) is 9.84 Å². The molecule has 9 nitrogen and oxygen atoms in total. The van der Waals surface area contributed by atoms with Gasteiger partial charge in [0, 0.05) is 31.4 Å². The van der Waals surface area contributed by atoms with Crippen LogP contribution in [0.5, 0.6) is 6.01 Å². The van der Waals surface area contributed by atoms with Gasteiger partial charge >= 0.3 is 6.01 Å². The Labute approximate surface area is 150 Å². The highest BCUT2D eigenvalue weighted by Crippen LogP contribution is 2.45. The first kappa shape index (κ1) is 16.8. The normalized spacial score (nSPS) is 22.8. The van der Waals surface area contributed by atoms with Crippen LogP contribution in [0, 0.1) is 5.92 Å². The zero-order valence-corrected chi connectivity index (χ0v) is 14.7. The number of nitrogens with zero attached hydrogens (tertiary/aromatic N) is 5. The number of likely N-dealkylation sites (tertiary alicyclic amines) is 1. The Morgan fingerprint density at radius 2 is 2.00 bits per heavy atom. The maximum Gasteiger partial charge on any atom is 0.316 e. The van der Waals surface area contributed by atoms with Gasteiger partial charge in [-0.2, -0.15) is 10.2 Å². The molecule has 26 heavy (non-hydrogen) atoms. The second kappa shape index (κ2) is 6.27. The van der Waals surface area contributed by atoms with Crippen molar-refractivity contribution in [3.63, 3.8) is 0 Å². The Kier molecular flexibility index (Phi) is 4.06. The summed E-state index contributed by atoms with van der Waals surface area (Å²) in [5.74, 6) is -0.329. The minimum Gasteiger partial charge on any atom is -0.463 e. The minimum absolute atomic E-state index is 0.107. The van der Waals surface area contributed by atoms with E-state index >= 15 is 0 Å². The van der Waals surface area contributed by atoms with Crippen molar-refractivity contribution in [2.24, 2.45) is 5.92 Å². The summed E-state index contributed by atoms with van der Waals surface area (Å²) < 4.78 is 29.9. The molecular formula is C16H17N5O4S. The smallest absolute Gasteiger partial charge is 0.316 e. The van der Waals surface area contributed by atoms with Gasteiger partial charge in [-0.1, -0.05) is 0 Å². The second-order valence-corrected chi connectivity index (χ2v) is 8.95. The van der Waals surface area contributed by atoms with Gasteiger partial charge in [0.1, 0.15) is 4.75 Å². The number of carbonyl (C=O) groups excluding carboxylic acids is 1. The monoisotopic (exact) mass is 375 g/mol. The summed E-state index contributed by atoms with van der Waals surface area (Å²) in [5.41, 5.74) is 0.399. The molecule has 0 radical (unpaired) electrons. The molecule has 0 aromatic carbocycles. The number of amides is 1. The Morgan fingerprint density at radius 3 is 2.69 bits per heavy atom. The molecule has 0 N–H and O–H groups in total. The molecule has 0 saturated carbocycles. The van der Waals surface area contributed by atoms with Crippen LogP contribution in [0.1, 0.15) is 16.8 Å². The lowest BCUT2D eigenvalue weighted by Crippen LogP contribution is -2.68. The SMILES string of the molecule is O=C(c1ccnnc1)N1CC2(C1)[C@H](COc1ncccn1)CCS2(=O)=O. The fraction of sp³-hybridized carbons (Fsp3) is 0.438. The van der Waals surface area contributed by atoms with Gasteiger partial charge in [0.05, 0.1) is 30.3 Å². The fourth-order valence-electron chi connectivity index (χ4n) is 3.59. The average Bonchev–Trinajstić information content (AvgIpc) is 2.90. The largest absolute Gasteiger partial charge is 0.463 e. The standard InChI is InChI=1S/C16H17N5O4S/c22-14(12-2-6-19-20-8-12)21-10-16(11-21)13(3-7-26(16,23)24)9-25-15-17-4-1-5-18-15/h1-2,4-6,8,13H,3,7,9-11H2/t13-/m0/s1. The third-order valence-electron chi connectivity index (χ3n) is 5.09. The van der Waals surface area contributed by atoms with Crippen LogP contribution in [-0.2, 0) is 9.84 Å². The van der Waals surface area contributed by atoms with Gasteiger partial charge in [-0.05, 0) is 18.6 Å². The topological polar surface area (TPSA) is 115 Å². The molecule has 1 atom stereocenters. The number of aromatic nitrogens is 4. The number of rotatable bonds is 4. The van der Waals surface area contributed by atoms with E-state index in [1.165, 1.54) is 17.3 Å². The lowest BCUT2D eigenvalue weighted by atomic mass is 9.83. The van der Waals surface area contributed by atoms with Crippen molar-refractivity contribution in [1.29, 1.82) is 0 Å². The van der Waals surface area contributed by atoms with Crippen molar-refractivity contribution in [2.75, 3.05) is 25.4 Å². The van der Waals surface area contributed by atoms with Gasteiger partial charge in [-0.3, -0.25) is 4.79 Å². The van der Waals surface area contributed by atoms with Crippen LogP contribution in [-0.4, -0.2) is 69.6 Å². The second-order valence-electron chi connectivity index (χ2n) is 6.50. The molecule has 1 spiro atoms. The molecule has 10 heteroatoms. The van der Waals surface area contributed by atoms with Crippen LogP contribution in [0.25, 0.3) is 0 Å². The third-order valence-corrected chi connectivity index (χ3v) is 7.69. The van der Waals surface area contributed by atoms with Crippen molar-refractivity contribution in [3.8, 4) is 6.01 Å². The molecule has 2 aliphatic heterocycles. The van der Waals surface area contributed by atoms with Gasteiger partial charge in [0.25, 0.3) is 5.91 Å². The summed E-state index contributed by atoms with van der Waals surface area (Å²) in [6, 6.07) is 3.47. The first-order chi connectivity index (χ1) is 12.5. The van der Waals surface area contributed by atoms with Gasteiger partial charge in [-0.25, -0.2) is 18.4 Å². The zero-order valence-electron chi connectivity index (χ0n) is 13.9. The van der Waals surface area contributed by atoms with E-state index in [-0.39, 0.29) is 43.3 Å². The van der Waals surface area contributed by atoms with E-state index in [2.05, 4.69) is 20.2 Å². The Morgan fingerprint density at radius 1 is 1.23 bits per heavy atom. The highest BCUT2D eigenvalue weighted by Gasteiger charge is 2.62. The molecule has 2 aromatic heterocycles. The van der Waals surface area contributed by atoms with Crippen LogP contribution < -0.4 is 4.74 Å². The predicted molar refractivity (Wildman–Crippen MR) is 90.1 cm³/mol. The molecule has 2 saturated heterocycles. The molecule has 4 heterocycles. The predicted octanol–water partition coefficient (Wildman–Crippen LogP) is -0.0251. The van der Waals surface area contributed by atoms with E-state index in [4.69, 9.17) is 4.74 Å². The zero-order chi connectivity index (χ0) is 18.2. The molecule has 2 fully saturated rings. The number of ether oxygens (including phenoxy) is 1. The van der Waals surface area contributed by atoms with E-state index in [0.717, 1.165) is 0 Å². The number of hydrogen-bond donors (Lipinski definition) is 0. The van der Waals surface area contributed by atoms with Crippen LogP contribution in [0.4, 0.5) is 0 Å². The lowest BCUT2D eigenvalue weighted by Gasteiger charge is -2.49. The molecule has 2 aromatic rings. The number of hydrogen-bond acceptors (Lipinski definition) is 8.